The van der Waals surface area contributed by atoms with Crippen LogP contribution in [-0.4, -0.2) is 100.0 Å². The summed E-state index contributed by atoms with van der Waals surface area (Å²) in [6.07, 6.45) is 4.43. The highest BCUT2D eigenvalue weighted by atomic mass is 35.5. The molecule has 232 valence electrons. The SMILES string of the molecule is N#CCOc1ccc(-c2cnc3c(Nc4ccc(C(=O)N5CCN(C(=O)N6CCNCC6)CC5)c(Cl)c4)nccn23)c(F)c1F. The summed E-state index contributed by atoms with van der Waals surface area (Å²) in [5.41, 5.74) is 1.41. The molecule has 2 aromatic carbocycles. The predicted molar refractivity (Wildman–Crippen MR) is 161 cm³/mol. The standard InChI is InChI=1S/C30H28ClF2N9O3/c31-22-17-19(1-2-20(22)29(43)39-12-14-41(15-13-39)30(44)40-9-6-35-7-10-40)38-27-28-37-18-23(42(28)11-8-36-27)21-3-4-24(45-16-5-34)26(33)25(21)32/h1-4,8,11,17-18,35H,6-7,9-10,12-16H2,(H,36,38). The molecule has 0 spiro atoms. The summed E-state index contributed by atoms with van der Waals surface area (Å²) in [4.78, 5) is 40.1. The summed E-state index contributed by atoms with van der Waals surface area (Å²) in [5, 5.41) is 15.3. The van der Waals surface area contributed by atoms with Gasteiger partial charge in [0.25, 0.3) is 5.91 Å². The van der Waals surface area contributed by atoms with Gasteiger partial charge in [0, 0.05) is 76.0 Å². The molecule has 0 unspecified atom stereocenters. The van der Waals surface area contributed by atoms with Crippen molar-refractivity contribution in [1.29, 1.82) is 5.26 Å². The zero-order chi connectivity index (χ0) is 31.5. The van der Waals surface area contributed by atoms with Crippen LogP contribution in [-0.2, 0) is 0 Å². The van der Waals surface area contributed by atoms with Crippen LogP contribution in [0.25, 0.3) is 16.9 Å². The molecule has 6 rings (SSSR count). The Bertz CT molecular complexity index is 1800. The Labute approximate surface area is 261 Å². The average Bonchev–Trinajstić information content (AvgIpc) is 3.50. The highest BCUT2D eigenvalue weighted by Crippen LogP contribution is 2.32. The largest absolute Gasteiger partial charge is 0.476 e. The van der Waals surface area contributed by atoms with Gasteiger partial charge in [0.15, 0.2) is 29.6 Å². The van der Waals surface area contributed by atoms with Crippen LogP contribution in [0.15, 0.2) is 48.9 Å². The third-order valence-corrected chi connectivity index (χ3v) is 8.04. The zero-order valence-electron chi connectivity index (χ0n) is 24.0. The minimum absolute atomic E-state index is 0.00194. The van der Waals surface area contributed by atoms with Crippen molar-refractivity contribution in [1.82, 2.24) is 34.4 Å². The summed E-state index contributed by atoms with van der Waals surface area (Å²) < 4.78 is 36.0. The van der Waals surface area contributed by atoms with Gasteiger partial charge >= 0.3 is 6.03 Å². The maximum Gasteiger partial charge on any atom is 0.320 e. The third-order valence-electron chi connectivity index (χ3n) is 7.73. The number of nitriles is 1. The van der Waals surface area contributed by atoms with Crippen LogP contribution in [0.1, 0.15) is 10.4 Å². The number of rotatable bonds is 6. The van der Waals surface area contributed by atoms with Crippen LogP contribution < -0.4 is 15.4 Å². The molecule has 12 nitrogen and oxygen atoms in total. The van der Waals surface area contributed by atoms with Crippen LogP contribution in [0.5, 0.6) is 5.75 Å². The van der Waals surface area contributed by atoms with Crippen LogP contribution >= 0.6 is 11.6 Å². The van der Waals surface area contributed by atoms with Crippen molar-refractivity contribution in [3.63, 3.8) is 0 Å². The lowest BCUT2D eigenvalue weighted by atomic mass is 10.1. The van der Waals surface area contributed by atoms with Crippen molar-refractivity contribution in [3.05, 3.63) is 71.1 Å². The molecule has 2 N–H and O–H groups in total. The van der Waals surface area contributed by atoms with E-state index >= 15 is 0 Å². The van der Waals surface area contributed by atoms with Gasteiger partial charge in [-0.25, -0.2) is 19.2 Å². The Hall–Kier alpha value is -5.00. The molecule has 2 fully saturated rings. The number of fused-ring (bicyclic) bond motifs is 1. The number of imidazole rings is 1. The minimum Gasteiger partial charge on any atom is -0.476 e. The van der Waals surface area contributed by atoms with Gasteiger partial charge in [-0.15, -0.1) is 0 Å². The number of ether oxygens (including phenoxy) is 1. The molecule has 2 saturated heterocycles. The molecule has 0 aliphatic carbocycles. The van der Waals surface area contributed by atoms with Gasteiger partial charge in [0.05, 0.1) is 22.5 Å². The van der Waals surface area contributed by atoms with E-state index in [9.17, 15) is 18.4 Å². The smallest absolute Gasteiger partial charge is 0.320 e. The normalized spacial score (nSPS) is 15.2. The Morgan fingerprint density at radius 2 is 1.73 bits per heavy atom. The number of nitrogens with zero attached hydrogens (tertiary/aromatic N) is 7. The summed E-state index contributed by atoms with van der Waals surface area (Å²) in [6.45, 7) is 4.19. The van der Waals surface area contributed by atoms with Gasteiger partial charge in [0.1, 0.15) is 6.07 Å². The van der Waals surface area contributed by atoms with E-state index in [1.165, 1.54) is 24.5 Å². The van der Waals surface area contributed by atoms with E-state index in [4.69, 9.17) is 21.6 Å². The number of nitrogens with one attached hydrogen (secondary N) is 2. The van der Waals surface area contributed by atoms with Gasteiger partial charge in [-0.2, -0.15) is 9.65 Å². The monoisotopic (exact) mass is 635 g/mol. The van der Waals surface area contributed by atoms with Crippen molar-refractivity contribution < 1.29 is 23.1 Å². The van der Waals surface area contributed by atoms with Gasteiger partial charge < -0.3 is 30.1 Å². The average molecular weight is 636 g/mol. The quantitative estimate of drug-likeness (QED) is 0.328. The molecule has 2 aromatic heterocycles. The minimum atomic E-state index is -1.21. The fourth-order valence-electron chi connectivity index (χ4n) is 5.39. The lowest BCUT2D eigenvalue weighted by molar-refractivity contribution is 0.0635. The van der Waals surface area contributed by atoms with Crippen LogP contribution in [0.3, 0.4) is 0 Å². The van der Waals surface area contributed by atoms with Crippen LogP contribution in [0.2, 0.25) is 5.02 Å². The number of hydrogen-bond acceptors (Lipinski definition) is 8. The first-order valence-electron chi connectivity index (χ1n) is 14.3. The molecule has 4 heterocycles. The number of benzene rings is 2. The number of urea groups is 1. The van der Waals surface area contributed by atoms with E-state index in [2.05, 4.69) is 20.6 Å². The maximum atomic E-state index is 15.0. The molecule has 4 aromatic rings. The molecule has 0 saturated carbocycles. The van der Waals surface area contributed by atoms with Crippen molar-refractivity contribution in [2.45, 2.75) is 0 Å². The van der Waals surface area contributed by atoms with Crippen LogP contribution in [0, 0.1) is 23.0 Å². The third kappa shape index (κ3) is 6.04. The van der Waals surface area contributed by atoms with E-state index in [-0.39, 0.29) is 34.0 Å². The Balaban J connectivity index is 1.15. The van der Waals surface area contributed by atoms with Gasteiger partial charge in [-0.05, 0) is 30.3 Å². The summed E-state index contributed by atoms with van der Waals surface area (Å²) in [7, 11) is 0. The molecule has 0 bridgehead atoms. The fourth-order valence-corrected chi connectivity index (χ4v) is 5.65. The molecular weight excluding hydrogens is 608 g/mol. The Morgan fingerprint density at radius 1 is 1.00 bits per heavy atom. The van der Waals surface area contributed by atoms with E-state index in [0.29, 0.717) is 62.0 Å². The predicted octanol–water partition coefficient (Wildman–Crippen LogP) is 3.76. The lowest BCUT2D eigenvalue weighted by Crippen LogP contribution is -2.57. The second-order valence-electron chi connectivity index (χ2n) is 10.4. The van der Waals surface area contributed by atoms with Crippen LogP contribution in [0.4, 0.5) is 25.1 Å². The molecule has 0 atom stereocenters. The summed E-state index contributed by atoms with van der Waals surface area (Å²) in [5.74, 6) is -2.62. The molecule has 0 radical (unpaired) electrons. The zero-order valence-corrected chi connectivity index (χ0v) is 24.7. The number of amides is 3. The van der Waals surface area contributed by atoms with Gasteiger partial charge in [-0.1, -0.05) is 11.6 Å². The van der Waals surface area contributed by atoms with E-state index in [1.807, 2.05) is 4.90 Å². The van der Waals surface area contributed by atoms with Gasteiger partial charge in [0.2, 0.25) is 5.82 Å². The number of carbonyl (C=O) groups excluding carboxylic acids is 2. The number of halogens is 3. The summed E-state index contributed by atoms with van der Waals surface area (Å²) >= 11 is 6.56. The topological polar surface area (TPSA) is 131 Å². The highest BCUT2D eigenvalue weighted by molar-refractivity contribution is 6.34. The number of aromatic nitrogens is 3. The second kappa shape index (κ2) is 12.9. The number of anilines is 2. The first-order chi connectivity index (χ1) is 21.9. The van der Waals surface area contributed by atoms with Crippen molar-refractivity contribution in [2.75, 3.05) is 64.3 Å². The molecule has 15 heteroatoms. The molecule has 2 aliphatic heterocycles. The highest BCUT2D eigenvalue weighted by Gasteiger charge is 2.29. The van der Waals surface area contributed by atoms with Crippen molar-refractivity contribution >= 4 is 40.7 Å². The first kappa shape index (κ1) is 30.0. The number of hydrogen-bond donors (Lipinski definition) is 2. The number of carbonyl (C=O) groups is 2. The molecule has 2 aliphatic rings. The molecule has 45 heavy (non-hydrogen) atoms. The van der Waals surface area contributed by atoms with Crippen molar-refractivity contribution in [2.24, 2.45) is 0 Å². The lowest BCUT2D eigenvalue weighted by Gasteiger charge is -2.38. The Morgan fingerprint density at radius 3 is 2.47 bits per heavy atom. The van der Waals surface area contributed by atoms with Crippen molar-refractivity contribution in [3.8, 4) is 23.1 Å². The van der Waals surface area contributed by atoms with E-state index in [0.717, 1.165) is 13.1 Å². The second-order valence-corrected chi connectivity index (χ2v) is 10.8. The van der Waals surface area contributed by atoms with E-state index < -0.39 is 18.2 Å². The van der Waals surface area contributed by atoms with E-state index in [1.54, 1.807) is 44.7 Å². The van der Waals surface area contributed by atoms with Gasteiger partial charge in [-0.3, -0.25) is 9.20 Å². The summed E-state index contributed by atoms with van der Waals surface area (Å²) in [6, 6.07) is 9.23. The Kier molecular flexibility index (Phi) is 8.63. The molecule has 3 amide bonds. The fraction of sp³-hybridized carbons (Fsp3) is 0.300. The molecular formula is C30H28ClF2N9O3. The first-order valence-corrected chi connectivity index (χ1v) is 14.6. The maximum absolute atomic E-state index is 15.0. The number of piperazine rings is 2.